The van der Waals surface area contributed by atoms with E-state index in [9.17, 15) is 4.79 Å². The molecule has 7 heteroatoms. The Morgan fingerprint density at radius 3 is 2.77 bits per heavy atom. The minimum atomic E-state index is -0.198. The zero-order valence-electron chi connectivity index (χ0n) is 14.6. The fourth-order valence-corrected chi connectivity index (χ4v) is 3.24. The van der Waals surface area contributed by atoms with E-state index in [4.69, 9.17) is 4.74 Å². The van der Waals surface area contributed by atoms with Crippen molar-refractivity contribution in [2.24, 2.45) is 0 Å². The van der Waals surface area contributed by atoms with E-state index in [0.717, 1.165) is 22.0 Å². The number of ether oxygens (including phenoxy) is 1. The molecule has 26 heavy (non-hydrogen) atoms. The summed E-state index contributed by atoms with van der Waals surface area (Å²) >= 11 is 1.51. The van der Waals surface area contributed by atoms with Gasteiger partial charge in [-0.1, -0.05) is 0 Å². The first-order valence-electron chi connectivity index (χ1n) is 8.19. The van der Waals surface area contributed by atoms with Crippen LogP contribution in [0.15, 0.2) is 66.0 Å². The van der Waals surface area contributed by atoms with E-state index in [1.165, 1.54) is 11.8 Å². The minimum Gasteiger partial charge on any atom is -0.497 e. The lowest BCUT2D eigenvalue weighted by molar-refractivity contribution is -0.120. The number of pyridine rings is 1. The van der Waals surface area contributed by atoms with E-state index < -0.39 is 0 Å². The van der Waals surface area contributed by atoms with Gasteiger partial charge in [0.2, 0.25) is 5.91 Å². The predicted molar refractivity (Wildman–Crippen MR) is 102 cm³/mol. The van der Waals surface area contributed by atoms with Gasteiger partial charge in [-0.05, 0) is 55.0 Å². The smallest absolute Gasteiger partial charge is 0.233 e. The quantitative estimate of drug-likeness (QED) is 0.649. The lowest BCUT2D eigenvalue weighted by Gasteiger charge is -2.12. The van der Waals surface area contributed by atoms with Crippen molar-refractivity contribution in [1.82, 2.24) is 20.1 Å². The molecule has 0 spiro atoms. The van der Waals surface area contributed by atoms with Crippen molar-refractivity contribution >= 4 is 17.7 Å². The Morgan fingerprint density at radius 1 is 1.27 bits per heavy atom. The Morgan fingerprint density at radius 2 is 2.08 bits per heavy atom. The number of benzene rings is 1. The molecule has 6 nitrogen and oxygen atoms in total. The summed E-state index contributed by atoms with van der Waals surface area (Å²) in [4.78, 5) is 17.7. The van der Waals surface area contributed by atoms with Gasteiger partial charge in [0.15, 0.2) is 5.82 Å². The van der Waals surface area contributed by atoms with Crippen molar-refractivity contribution in [2.45, 2.75) is 23.6 Å². The zero-order valence-corrected chi connectivity index (χ0v) is 15.4. The van der Waals surface area contributed by atoms with Crippen LogP contribution in [-0.2, 0) is 11.3 Å². The maximum Gasteiger partial charge on any atom is 0.233 e. The first-order chi connectivity index (χ1) is 12.7. The summed E-state index contributed by atoms with van der Waals surface area (Å²) in [5.74, 6) is 1.52. The molecule has 0 radical (unpaired) electrons. The normalized spacial score (nSPS) is 11.8. The van der Waals surface area contributed by atoms with Crippen LogP contribution in [0.3, 0.4) is 0 Å². The number of thioether (sulfide) groups is 1. The monoisotopic (exact) mass is 368 g/mol. The van der Waals surface area contributed by atoms with E-state index in [2.05, 4.69) is 15.4 Å². The minimum absolute atomic E-state index is 0.0109. The first kappa shape index (κ1) is 18.0. The molecular formula is C19H20N4O2S. The second-order valence-corrected chi connectivity index (χ2v) is 7.04. The number of rotatable bonds is 7. The molecule has 0 aliphatic rings. The Balaban J connectivity index is 1.55. The average molecular weight is 368 g/mol. The van der Waals surface area contributed by atoms with Crippen LogP contribution in [-0.4, -0.2) is 33.0 Å². The van der Waals surface area contributed by atoms with E-state index in [0.29, 0.717) is 6.54 Å². The Kier molecular flexibility index (Phi) is 5.91. The number of carbonyl (C=O) groups excluding carboxylic acids is 1. The van der Waals surface area contributed by atoms with Crippen LogP contribution in [0.2, 0.25) is 0 Å². The van der Waals surface area contributed by atoms with Gasteiger partial charge in [-0.2, -0.15) is 5.10 Å². The van der Waals surface area contributed by atoms with E-state index in [-0.39, 0.29) is 11.2 Å². The zero-order chi connectivity index (χ0) is 18.4. The van der Waals surface area contributed by atoms with Gasteiger partial charge in [-0.15, -0.1) is 11.8 Å². The highest BCUT2D eigenvalue weighted by molar-refractivity contribution is 8.00. The highest BCUT2D eigenvalue weighted by Gasteiger charge is 2.14. The second-order valence-electron chi connectivity index (χ2n) is 5.63. The fraction of sp³-hybridized carbons (Fsp3) is 0.211. The summed E-state index contributed by atoms with van der Waals surface area (Å²) in [6, 6.07) is 13.3. The number of nitrogens with zero attached hydrogens (tertiary/aromatic N) is 3. The maximum atomic E-state index is 12.4. The van der Waals surface area contributed by atoms with Gasteiger partial charge >= 0.3 is 0 Å². The molecule has 0 bridgehead atoms. The Labute approximate surface area is 156 Å². The first-order valence-corrected chi connectivity index (χ1v) is 9.07. The van der Waals surface area contributed by atoms with Crippen molar-refractivity contribution in [1.29, 1.82) is 0 Å². The molecule has 1 atom stereocenters. The number of hydrogen-bond donors (Lipinski definition) is 1. The van der Waals surface area contributed by atoms with Gasteiger partial charge in [-0.3, -0.25) is 4.79 Å². The van der Waals surface area contributed by atoms with E-state index >= 15 is 0 Å². The number of hydrogen-bond acceptors (Lipinski definition) is 5. The molecule has 0 fully saturated rings. The third kappa shape index (κ3) is 4.64. The Bertz CT molecular complexity index is 850. The maximum absolute atomic E-state index is 12.4. The summed E-state index contributed by atoms with van der Waals surface area (Å²) in [6.45, 7) is 2.34. The summed E-state index contributed by atoms with van der Waals surface area (Å²) in [6.07, 6.45) is 5.25. The number of aromatic nitrogens is 3. The number of nitrogens with one attached hydrogen (secondary N) is 1. The second kappa shape index (κ2) is 8.53. The number of amides is 1. The van der Waals surface area contributed by atoms with Gasteiger partial charge in [0.25, 0.3) is 0 Å². The van der Waals surface area contributed by atoms with Gasteiger partial charge < -0.3 is 10.1 Å². The molecule has 0 aliphatic heterocycles. The van der Waals surface area contributed by atoms with Crippen LogP contribution >= 0.6 is 11.8 Å². The van der Waals surface area contributed by atoms with Crippen LogP contribution in [0.4, 0.5) is 0 Å². The highest BCUT2D eigenvalue weighted by atomic mass is 32.2. The van der Waals surface area contributed by atoms with Gasteiger partial charge in [-0.25, -0.2) is 9.67 Å². The SMILES string of the molecule is COc1ccc(S[C@@H](C)C(=O)NCc2ccnc(-n3cccn3)c2)cc1. The standard InChI is InChI=1S/C19H20N4O2S/c1-14(26-17-6-4-16(25-2)5-7-17)19(24)21-13-15-8-10-20-18(12-15)23-11-3-9-22-23/h3-12,14H,13H2,1-2H3,(H,21,24)/t14-/m0/s1. The molecule has 0 aliphatic carbocycles. The summed E-state index contributed by atoms with van der Waals surface area (Å²) < 4.78 is 6.83. The lowest BCUT2D eigenvalue weighted by Crippen LogP contribution is -2.30. The molecule has 0 unspecified atom stereocenters. The van der Waals surface area contributed by atoms with Crippen LogP contribution < -0.4 is 10.1 Å². The molecule has 2 heterocycles. The van der Waals surface area contributed by atoms with Crippen molar-refractivity contribution in [3.05, 3.63) is 66.6 Å². The number of carbonyl (C=O) groups is 1. The van der Waals surface area contributed by atoms with Crippen molar-refractivity contribution in [3.63, 3.8) is 0 Å². The largest absolute Gasteiger partial charge is 0.497 e. The third-order valence-electron chi connectivity index (χ3n) is 3.76. The van der Waals surface area contributed by atoms with Gasteiger partial charge in [0, 0.05) is 30.0 Å². The van der Waals surface area contributed by atoms with E-state index in [1.807, 2.05) is 55.6 Å². The van der Waals surface area contributed by atoms with Crippen LogP contribution in [0.5, 0.6) is 5.75 Å². The van der Waals surface area contributed by atoms with Crippen LogP contribution in [0.1, 0.15) is 12.5 Å². The third-order valence-corrected chi connectivity index (χ3v) is 4.87. The molecule has 134 valence electrons. The molecule has 1 N–H and O–H groups in total. The molecule has 1 amide bonds. The molecule has 3 rings (SSSR count). The fourth-order valence-electron chi connectivity index (χ4n) is 2.35. The molecule has 0 saturated carbocycles. The molecule has 2 aromatic heterocycles. The summed E-state index contributed by atoms with van der Waals surface area (Å²) in [5, 5.41) is 6.94. The topological polar surface area (TPSA) is 69.0 Å². The van der Waals surface area contributed by atoms with Crippen molar-refractivity contribution in [2.75, 3.05) is 7.11 Å². The summed E-state index contributed by atoms with van der Waals surface area (Å²) in [7, 11) is 1.63. The average Bonchev–Trinajstić information content (AvgIpc) is 3.22. The van der Waals surface area contributed by atoms with Gasteiger partial charge in [0.1, 0.15) is 5.75 Å². The molecule has 0 saturated heterocycles. The van der Waals surface area contributed by atoms with Crippen molar-refractivity contribution in [3.8, 4) is 11.6 Å². The van der Waals surface area contributed by atoms with E-state index in [1.54, 1.807) is 24.2 Å². The summed E-state index contributed by atoms with van der Waals surface area (Å²) in [5.41, 5.74) is 0.973. The van der Waals surface area contributed by atoms with Crippen LogP contribution in [0.25, 0.3) is 5.82 Å². The number of methoxy groups -OCH3 is 1. The van der Waals surface area contributed by atoms with Gasteiger partial charge in [0.05, 0.1) is 12.4 Å². The molecular weight excluding hydrogens is 348 g/mol. The van der Waals surface area contributed by atoms with Crippen LogP contribution in [0, 0.1) is 0 Å². The molecule has 1 aromatic carbocycles. The molecule has 3 aromatic rings. The highest BCUT2D eigenvalue weighted by Crippen LogP contribution is 2.25. The predicted octanol–water partition coefficient (Wildman–Crippen LogP) is 3.07. The lowest BCUT2D eigenvalue weighted by atomic mass is 10.2. The Hall–Kier alpha value is -2.80. The van der Waals surface area contributed by atoms with Crippen molar-refractivity contribution < 1.29 is 9.53 Å².